The van der Waals surface area contributed by atoms with Gasteiger partial charge in [0.1, 0.15) is 0 Å². The van der Waals surface area contributed by atoms with Gasteiger partial charge in [-0.1, -0.05) is 30.3 Å². The van der Waals surface area contributed by atoms with E-state index in [2.05, 4.69) is 39.4 Å². The van der Waals surface area contributed by atoms with E-state index in [9.17, 15) is 4.79 Å². The summed E-state index contributed by atoms with van der Waals surface area (Å²) < 4.78 is 6.19. The number of ether oxygens (including phenoxy) is 1. The zero-order chi connectivity index (χ0) is 18.1. The van der Waals surface area contributed by atoms with Crippen LogP contribution in [-0.2, 0) is 17.9 Å². The number of rotatable bonds is 3. The van der Waals surface area contributed by atoms with Gasteiger partial charge in [-0.05, 0) is 29.3 Å². The van der Waals surface area contributed by atoms with Crippen LogP contribution in [0, 0.1) is 0 Å². The number of nitrogens with zero attached hydrogens (tertiary/aromatic N) is 2. The van der Waals surface area contributed by atoms with Gasteiger partial charge in [-0.15, -0.1) is 0 Å². The molecule has 1 spiro atoms. The van der Waals surface area contributed by atoms with Crippen molar-refractivity contribution in [1.29, 1.82) is 0 Å². The molecule has 1 fully saturated rings. The van der Waals surface area contributed by atoms with E-state index in [1.807, 2.05) is 38.4 Å². The Balaban J connectivity index is 1.44. The lowest BCUT2D eigenvalue weighted by Gasteiger charge is -2.29. The lowest BCUT2D eigenvalue weighted by Crippen LogP contribution is -2.51. The molecule has 0 radical (unpaired) electrons. The van der Waals surface area contributed by atoms with Crippen LogP contribution < -0.4 is 10.2 Å². The fraction of sp³-hybridized carbons (Fsp3) is 0.381. The van der Waals surface area contributed by atoms with Crippen LogP contribution in [0.25, 0.3) is 0 Å². The van der Waals surface area contributed by atoms with Gasteiger partial charge in [0.25, 0.3) is 5.91 Å². The van der Waals surface area contributed by atoms with Crippen LogP contribution in [0.4, 0.5) is 5.69 Å². The Morgan fingerprint density at radius 1 is 1.15 bits per heavy atom. The molecule has 0 saturated carbocycles. The van der Waals surface area contributed by atoms with E-state index in [-0.39, 0.29) is 5.91 Å². The fourth-order valence-corrected chi connectivity index (χ4v) is 3.76. The van der Waals surface area contributed by atoms with Crippen molar-refractivity contribution in [3.63, 3.8) is 0 Å². The summed E-state index contributed by atoms with van der Waals surface area (Å²) in [6.45, 7) is 2.95. The molecule has 1 N–H and O–H groups in total. The van der Waals surface area contributed by atoms with Gasteiger partial charge in [-0.3, -0.25) is 9.69 Å². The average molecular weight is 351 g/mol. The van der Waals surface area contributed by atoms with Crippen LogP contribution in [-0.4, -0.2) is 43.7 Å². The predicted molar refractivity (Wildman–Crippen MR) is 102 cm³/mol. The second kappa shape index (κ2) is 6.74. The van der Waals surface area contributed by atoms with Crippen molar-refractivity contribution in [1.82, 2.24) is 10.2 Å². The van der Waals surface area contributed by atoms with Gasteiger partial charge in [0.2, 0.25) is 0 Å². The zero-order valence-corrected chi connectivity index (χ0v) is 15.4. The maximum absolute atomic E-state index is 12.6. The number of fused-ring (bicyclic) bond motifs is 1. The summed E-state index contributed by atoms with van der Waals surface area (Å²) >= 11 is 0. The minimum absolute atomic E-state index is 0.0321. The Labute approximate surface area is 154 Å². The number of carbonyl (C=O) groups excluding carboxylic acids is 1. The maximum Gasteiger partial charge on any atom is 0.253 e. The van der Waals surface area contributed by atoms with E-state index in [4.69, 9.17) is 4.74 Å². The molecule has 2 heterocycles. The van der Waals surface area contributed by atoms with Crippen molar-refractivity contribution >= 4 is 11.6 Å². The van der Waals surface area contributed by atoms with E-state index >= 15 is 0 Å². The molecule has 0 bridgehead atoms. The van der Waals surface area contributed by atoms with Crippen molar-refractivity contribution < 1.29 is 9.53 Å². The smallest absolute Gasteiger partial charge is 0.253 e. The minimum Gasteiger partial charge on any atom is -0.378 e. The topological polar surface area (TPSA) is 44.8 Å². The molecular weight excluding hydrogens is 326 g/mol. The molecule has 1 amide bonds. The van der Waals surface area contributed by atoms with Crippen LogP contribution in [0.5, 0.6) is 0 Å². The van der Waals surface area contributed by atoms with Gasteiger partial charge in [0.15, 0.2) is 5.72 Å². The largest absolute Gasteiger partial charge is 0.378 e. The SMILES string of the molecule is CN(C)c1ccc(CN2CCC3(C2)NC(=O)c2ccccc2CO3)cc1. The third kappa shape index (κ3) is 3.32. The first-order valence-electron chi connectivity index (χ1n) is 9.08. The van der Waals surface area contributed by atoms with Crippen molar-refractivity contribution in [3.05, 3.63) is 65.2 Å². The molecule has 0 aromatic heterocycles. The highest BCUT2D eigenvalue weighted by molar-refractivity contribution is 5.96. The molecular formula is C21H25N3O2. The Morgan fingerprint density at radius 3 is 2.69 bits per heavy atom. The Morgan fingerprint density at radius 2 is 1.92 bits per heavy atom. The summed E-state index contributed by atoms with van der Waals surface area (Å²) in [7, 11) is 4.09. The predicted octanol–water partition coefficient (Wildman–Crippen LogP) is 2.61. The molecule has 0 aliphatic carbocycles. The van der Waals surface area contributed by atoms with Crippen molar-refractivity contribution in [2.75, 3.05) is 32.1 Å². The van der Waals surface area contributed by atoms with Gasteiger partial charge >= 0.3 is 0 Å². The molecule has 2 aliphatic rings. The number of carbonyl (C=O) groups is 1. The van der Waals surface area contributed by atoms with E-state index in [0.29, 0.717) is 13.2 Å². The summed E-state index contributed by atoms with van der Waals surface area (Å²) in [5.41, 5.74) is 3.57. The first-order chi connectivity index (χ1) is 12.5. The van der Waals surface area contributed by atoms with Crippen molar-refractivity contribution in [3.8, 4) is 0 Å². The van der Waals surface area contributed by atoms with Crippen LogP contribution in [0.1, 0.15) is 27.9 Å². The molecule has 1 unspecified atom stereocenters. The first-order valence-corrected chi connectivity index (χ1v) is 9.08. The second-order valence-electron chi connectivity index (χ2n) is 7.42. The van der Waals surface area contributed by atoms with Crippen molar-refractivity contribution in [2.45, 2.75) is 25.3 Å². The number of hydrogen-bond donors (Lipinski definition) is 1. The second-order valence-corrected chi connectivity index (χ2v) is 7.42. The molecule has 2 aromatic rings. The molecule has 136 valence electrons. The Hall–Kier alpha value is -2.37. The lowest BCUT2D eigenvalue weighted by atomic mass is 10.1. The van der Waals surface area contributed by atoms with E-state index in [1.54, 1.807) is 0 Å². The third-order valence-electron chi connectivity index (χ3n) is 5.28. The molecule has 1 saturated heterocycles. The number of amides is 1. The van der Waals surface area contributed by atoms with Crippen LogP contribution in [0.15, 0.2) is 48.5 Å². The molecule has 4 rings (SSSR count). The standard InChI is InChI=1S/C21H25N3O2/c1-23(2)18-9-7-16(8-10-18)13-24-12-11-21(15-24)22-20(25)19-6-4-3-5-17(19)14-26-21/h3-10H,11-15H2,1-2H3,(H,22,25). The highest BCUT2D eigenvalue weighted by Crippen LogP contribution is 2.29. The summed E-state index contributed by atoms with van der Waals surface area (Å²) in [5.74, 6) is -0.0321. The van der Waals surface area contributed by atoms with Gasteiger partial charge in [0, 0.05) is 51.4 Å². The van der Waals surface area contributed by atoms with Gasteiger partial charge in [0.05, 0.1) is 6.61 Å². The number of benzene rings is 2. The zero-order valence-electron chi connectivity index (χ0n) is 15.4. The Kier molecular flexibility index (Phi) is 4.42. The van der Waals surface area contributed by atoms with Crippen molar-refractivity contribution in [2.24, 2.45) is 0 Å². The number of likely N-dealkylation sites (tertiary alicyclic amines) is 1. The highest BCUT2D eigenvalue weighted by Gasteiger charge is 2.42. The quantitative estimate of drug-likeness (QED) is 0.923. The molecule has 2 aromatic carbocycles. The van der Waals surface area contributed by atoms with Gasteiger partial charge in [-0.2, -0.15) is 0 Å². The number of hydrogen-bond acceptors (Lipinski definition) is 4. The molecule has 2 aliphatic heterocycles. The fourth-order valence-electron chi connectivity index (χ4n) is 3.76. The summed E-state index contributed by atoms with van der Waals surface area (Å²) in [6.07, 6.45) is 0.808. The number of anilines is 1. The summed E-state index contributed by atoms with van der Waals surface area (Å²) in [5, 5.41) is 3.14. The van der Waals surface area contributed by atoms with Gasteiger partial charge < -0.3 is 15.0 Å². The highest BCUT2D eigenvalue weighted by atomic mass is 16.5. The third-order valence-corrected chi connectivity index (χ3v) is 5.28. The van der Waals surface area contributed by atoms with Crippen LogP contribution >= 0.6 is 0 Å². The summed E-state index contributed by atoms with van der Waals surface area (Å²) in [4.78, 5) is 17.1. The first kappa shape index (κ1) is 17.1. The summed E-state index contributed by atoms with van der Waals surface area (Å²) in [6, 6.07) is 16.3. The number of nitrogens with one attached hydrogen (secondary N) is 1. The van der Waals surface area contributed by atoms with E-state index in [0.717, 1.165) is 30.6 Å². The molecule has 5 nitrogen and oxygen atoms in total. The normalized spacial score (nSPS) is 22.8. The molecule has 5 heteroatoms. The Bertz CT molecular complexity index is 803. The maximum atomic E-state index is 12.6. The van der Waals surface area contributed by atoms with Crippen LogP contribution in [0.2, 0.25) is 0 Å². The van der Waals surface area contributed by atoms with Gasteiger partial charge in [-0.25, -0.2) is 0 Å². The lowest BCUT2D eigenvalue weighted by molar-refractivity contribution is -0.0629. The molecule has 26 heavy (non-hydrogen) atoms. The monoisotopic (exact) mass is 351 g/mol. The van der Waals surface area contributed by atoms with E-state index < -0.39 is 5.72 Å². The molecule has 1 atom stereocenters. The average Bonchev–Trinajstić information content (AvgIpc) is 2.96. The minimum atomic E-state index is -0.584. The van der Waals surface area contributed by atoms with Crippen LogP contribution in [0.3, 0.4) is 0 Å². The van der Waals surface area contributed by atoms with E-state index in [1.165, 1.54) is 11.3 Å².